The van der Waals surface area contributed by atoms with Crippen LogP contribution in [-0.4, -0.2) is 47.6 Å². The first-order chi connectivity index (χ1) is 15.7. The Labute approximate surface area is 193 Å². The molecule has 0 fully saturated rings. The van der Waals surface area contributed by atoms with Crippen molar-refractivity contribution < 1.29 is 19.1 Å². The lowest BCUT2D eigenvalue weighted by Gasteiger charge is -2.27. The molecular formula is C25H27ClN2O4. The number of rotatable bonds is 11. The number of aliphatic hydroxyl groups is 1. The van der Waals surface area contributed by atoms with Gasteiger partial charge in [0.05, 0.1) is 24.7 Å². The minimum atomic E-state index is -0.633. The molecule has 1 aliphatic rings. The molecule has 32 heavy (non-hydrogen) atoms. The highest BCUT2D eigenvalue weighted by Gasteiger charge is 2.26. The molecule has 0 saturated carbocycles. The highest BCUT2D eigenvalue weighted by Crippen LogP contribution is 2.20. The number of nitrogens with zero attached hydrogens (tertiary/aromatic N) is 2. The van der Waals surface area contributed by atoms with E-state index >= 15 is 0 Å². The normalized spacial score (nSPS) is 16.7. The van der Waals surface area contributed by atoms with Crippen molar-refractivity contribution in [3.8, 4) is 0 Å². The number of hydrogen-bond acceptors (Lipinski definition) is 6. The lowest BCUT2D eigenvalue weighted by molar-refractivity contribution is -0.00955. The van der Waals surface area contributed by atoms with Gasteiger partial charge in [-0.3, -0.25) is 4.90 Å². The maximum Gasteiger partial charge on any atom is 0.145 e. The van der Waals surface area contributed by atoms with Gasteiger partial charge in [0.15, 0.2) is 0 Å². The standard InChI is InChI=1S/C25H27ClN2O4/c26-21-10-8-20(9-11-21)25-13-24(32-27-25)16-28(14-19-5-2-1-3-6-19)15-22(29)17-30-18-23-7-4-12-31-23/h1-12,22,24,29H,13-18H2/t22-,24+/m1/s1. The Kier molecular flexibility index (Phi) is 7.96. The maximum atomic E-state index is 10.6. The molecular weight excluding hydrogens is 428 g/mol. The van der Waals surface area contributed by atoms with Crippen LogP contribution in [0.25, 0.3) is 0 Å². The van der Waals surface area contributed by atoms with E-state index in [1.54, 1.807) is 6.26 Å². The average Bonchev–Trinajstić information content (AvgIpc) is 3.47. The van der Waals surface area contributed by atoms with Crippen LogP contribution in [0.5, 0.6) is 0 Å². The van der Waals surface area contributed by atoms with Crippen LogP contribution < -0.4 is 0 Å². The van der Waals surface area contributed by atoms with E-state index in [0.29, 0.717) is 37.7 Å². The van der Waals surface area contributed by atoms with Crippen molar-refractivity contribution in [2.24, 2.45) is 5.16 Å². The van der Waals surface area contributed by atoms with Gasteiger partial charge >= 0.3 is 0 Å². The molecule has 168 valence electrons. The van der Waals surface area contributed by atoms with Crippen LogP contribution >= 0.6 is 11.6 Å². The number of hydrogen-bond donors (Lipinski definition) is 1. The molecule has 1 aromatic heterocycles. The van der Waals surface area contributed by atoms with Crippen molar-refractivity contribution in [2.45, 2.75) is 31.8 Å². The second kappa shape index (κ2) is 11.3. The fourth-order valence-corrected chi connectivity index (χ4v) is 3.84. The lowest BCUT2D eigenvalue weighted by atomic mass is 10.0. The molecule has 2 heterocycles. The van der Waals surface area contributed by atoms with Crippen molar-refractivity contribution in [3.05, 3.63) is 94.9 Å². The molecule has 1 N–H and O–H groups in total. The molecule has 7 heteroatoms. The van der Waals surface area contributed by atoms with Crippen LogP contribution in [0.15, 0.2) is 82.6 Å². The fraction of sp³-hybridized carbons (Fsp3) is 0.320. The molecule has 6 nitrogen and oxygen atoms in total. The number of benzene rings is 2. The SMILES string of the molecule is O[C@@H](COCc1ccco1)CN(Cc1ccccc1)C[C@@H]1CC(c2ccc(Cl)cc2)=NO1. The Balaban J connectivity index is 1.32. The van der Waals surface area contributed by atoms with Crippen molar-refractivity contribution >= 4 is 17.3 Å². The van der Waals surface area contributed by atoms with Gasteiger partial charge in [-0.05, 0) is 35.4 Å². The Hall–Kier alpha value is -2.64. The molecule has 0 spiro atoms. The smallest absolute Gasteiger partial charge is 0.145 e. The van der Waals surface area contributed by atoms with E-state index in [9.17, 15) is 5.11 Å². The van der Waals surface area contributed by atoms with Crippen LogP contribution in [0.1, 0.15) is 23.3 Å². The Morgan fingerprint density at radius 2 is 1.91 bits per heavy atom. The van der Waals surface area contributed by atoms with Gasteiger partial charge in [0, 0.05) is 31.1 Å². The van der Waals surface area contributed by atoms with Gasteiger partial charge in [-0.25, -0.2) is 0 Å². The summed E-state index contributed by atoms with van der Waals surface area (Å²) in [6.07, 6.45) is 1.60. The van der Waals surface area contributed by atoms with Crippen molar-refractivity contribution in [1.82, 2.24) is 4.90 Å². The third-order valence-electron chi connectivity index (χ3n) is 5.22. The van der Waals surface area contributed by atoms with E-state index < -0.39 is 6.10 Å². The zero-order chi connectivity index (χ0) is 22.2. The third kappa shape index (κ3) is 6.68. The van der Waals surface area contributed by atoms with Gasteiger partial charge in [0.2, 0.25) is 0 Å². The number of furan rings is 1. The molecule has 0 bridgehead atoms. The van der Waals surface area contributed by atoms with E-state index in [0.717, 1.165) is 17.0 Å². The van der Waals surface area contributed by atoms with Gasteiger partial charge < -0.3 is 19.1 Å². The van der Waals surface area contributed by atoms with Gasteiger partial charge in [-0.2, -0.15) is 0 Å². The van der Waals surface area contributed by atoms with Crippen molar-refractivity contribution in [2.75, 3.05) is 19.7 Å². The minimum absolute atomic E-state index is 0.0828. The molecule has 0 radical (unpaired) electrons. The summed E-state index contributed by atoms with van der Waals surface area (Å²) >= 11 is 5.99. The highest BCUT2D eigenvalue weighted by molar-refractivity contribution is 6.30. The fourth-order valence-electron chi connectivity index (χ4n) is 3.71. The first kappa shape index (κ1) is 22.6. The molecule has 0 saturated heterocycles. The van der Waals surface area contributed by atoms with Gasteiger partial charge in [-0.1, -0.05) is 59.2 Å². The Bertz CT molecular complexity index is 977. The zero-order valence-corrected chi connectivity index (χ0v) is 18.5. The van der Waals surface area contributed by atoms with Gasteiger partial charge in [-0.15, -0.1) is 0 Å². The summed E-state index contributed by atoms with van der Waals surface area (Å²) in [7, 11) is 0. The van der Waals surface area contributed by atoms with E-state index in [2.05, 4.69) is 22.2 Å². The third-order valence-corrected chi connectivity index (χ3v) is 5.48. The van der Waals surface area contributed by atoms with E-state index in [4.69, 9.17) is 25.6 Å². The number of ether oxygens (including phenoxy) is 1. The summed E-state index contributed by atoms with van der Waals surface area (Å²) in [6, 6.07) is 21.5. The zero-order valence-electron chi connectivity index (χ0n) is 17.8. The Morgan fingerprint density at radius 3 is 2.66 bits per heavy atom. The molecule has 1 aliphatic heterocycles. The minimum Gasteiger partial charge on any atom is -0.467 e. The molecule has 0 unspecified atom stereocenters. The summed E-state index contributed by atoms with van der Waals surface area (Å²) in [4.78, 5) is 7.90. The number of halogens is 1. The highest BCUT2D eigenvalue weighted by atomic mass is 35.5. The predicted octanol–water partition coefficient (Wildman–Crippen LogP) is 4.51. The van der Waals surface area contributed by atoms with E-state index in [-0.39, 0.29) is 12.7 Å². The van der Waals surface area contributed by atoms with Crippen LogP contribution in [0.2, 0.25) is 5.02 Å². The van der Waals surface area contributed by atoms with E-state index in [1.807, 2.05) is 54.6 Å². The summed E-state index contributed by atoms with van der Waals surface area (Å²) in [5.41, 5.74) is 3.10. The second-order valence-electron chi connectivity index (χ2n) is 7.90. The molecule has 4 rings (SSSR count). The topological polar surface area (TPSA) is 67.4 Å². The molecule has 2 aromatic carbocycles. The predicted molar refractivity (Wildman–Crippen MR) is 124 cm³/mol. The monoisotopic (exact) mass is 454 g/mol. The summed E-state index contributed by atoms with van der Waals surface area (Å²) in [5.74, 6) is 0.740. The number of oxime groups is 1. The Morgan fingerprint density at radius 1 is 1.09 bits per heavy atom. The summed E-state index contributed by atoms with van der Waals surface area (Å²) in [6.45, 7) is 2.37. The maximum absolute atomic E-state index is 10.6. The lowest BCUT2D eigenvalue weighted by Crippen LogP contribution is -2.39. The summed E-state index contributed by atoms with van der Waals surface area (Å²) < 4.78 is 10.9. The molecule has 3 aromatic rings. The van der Waals surface area contributed by atoms with E-state index in [1.165, 1.54) is 5.56 Å². The van der Waals surface area contributed by atoms with Crippen molar-refractivity contribution in [3.63, 3.8) is 0 Å². The molecule has 2 atom stereocenters. The van der Waals surface area contributed by atoms with Crippen LogP contribution in [0, 0.1) is 0 Å². The average molecular weight is 455 g/mol. The largest absolute Gasteiger partial charge is 0.467 e. The second-order valence-corrected chi connectivity index (χ2v) is 8.34. The first-order valence-corrected chi connectivity index (χ1v) is 11.1. The van der Waals surface area contributed by atoms with Crippen LogP contribution in [0.4, 0.5) is 0 Å². The van der Waals surface area contributed by atoms with Gasteiger partial charge in [0.25, 0.3) is 0 Å². The number of aliphatic hydroxyl groups excluding tert-OH is 1. The van der Waals surface area contributed by atoms with Gasteiger partial charge in [0.1, 0.15) is 18.5 Å². The molecule has 0 aliphatic carbocycles. The van der Waals surface area contributed by atoms with Crippen LogP contribution in [-0.2, 0) is 22.7 Å². The van der Waals surface area contributed by atoms with Crippen LogP contribution in [0.3, 0.4) is 0 Å². The quantitative estimate of drug-likeness (QED) is 0.462. The molecule has 0 amide bonds. The summed E-state index contributed by atoms with van der Waals surface area (Å²) in [5, 5.41) is 15.6. The van der Waals surface area contributed by atoms with Crippen molar-refractivity contribution in [1.29, 1.82) is 0 Å². The first-order valence-electron chi connectivity index (χ1n) is 10.7.